The molecule has 1 atom stereocenters. The Labute approximate surface area is 72.9 Å². The van der Waals surface area contributed by atoms with Crippen LogP contribution in [0, 0.1) is 0 Å². The van der Waals surface area contributed by atoms with E-state index in [9.17, 15) is 4.79 Å². The first kappa shape index (κ1) is 9.32. The number of carbonyl (C=O) groups excluding carboxylic acids is 1. The van der Waals surface area contributed by atoms with Crippen molar-refractivity contribution in [1.82, 2.24) is 10.6 Å². The number of nitrogens with two attached hydrogens (primary N) is 1. The lowest BCUT2D eigenvalue weighted by molar-refractivity contribution is 0.236. The molecule has 4 N–H and O–H groups in total. The fourth-order valence-electron chi connectivity index (χ4n) is 0.968. The highest BCUT2D eigenvalue weighted by Gasteiger charge is 2.23. The predicted octanol–water partition coefficient (Wildman–Crippen LogP) is 0.185. The van der Waals surface area contributed by atoms with E-state index in [-0.39, 0.29) is 12.1 Å². The monoisotopic (exact) mass is 171 g/mol. The molecule has 2 amide bonds. The molecular weight excluding hydrogens is 154 g/mol. The lowest BCUT2D eigenvalue weighted by Crippen LogP contribution is -2.45. The Morgan fingerprint density at radius 2 is 2.33 bits per heavy atom. The van der Waals surface area contributed by atoms with Crippen LogP contribution in [-0.4, -0.2) is 24.7 Å². The Kier molecular flexibility index (Phi) is 3.34. The standard InChI is InChI=1S/C8H17N3O/c1-2-6(5-9)10-8(12)11-7-3-4-7/h6-7H,2-5,9H2,1H3,(H2,10,11,12). The molecule has 1 saturated carbocycles. The zero-order chi connectivity index (χ0) is 8.97. The van der Waals surface area contributed by atoms with Crippen molar-refractivity contribution in [3.63, 3.8) is 0 Å². The molecule has 1 fully saturated rings. The van der Waals surface area contributed by atoms with E-state index < -0.39 is 0 Å². The molecule has 1 rings (SSSR count). The zero-order valence-electron chi connectivity index (χ0n) is 7.47. The third kappa shape index (κ3) is 3.09. The summed E-state index contributed by atoms with van der Waals surface area (Å²) in [7, 11) is 0. The summed E-state index contributed by atoms with van der Waals surface area (Å²) in [5.74, 6) is 0. The van der Waals surface area contributed by atoms with Crippen molar-refractivity contribution < 1.29 is 4.79 Å². The number of nitrogens with one attached hydrogen (secondary N) is 2. The van der Waals surface area contributed by atoms with Crippen LogP contribution in [0.5, 0.6) is 0 Å². The second kappa shape index (κ2) is 4.30. The molecule has 0 aromatic carbocycles. The highest BCUT2D eigenvalue weighted by molar-refractivity contribution is 5.74. The first-order valence-electron chi connectivity index (χ1n) is 4.53. The highest BCUT2D eigenvalue weighted by atomic mass is 16.2. The Balaban J connectivity index is 2.13. The minimum absolute atomic E-state index is 0.0743. The SMILES string of the molecule is CCC(CN)NC(=O)NC1CC1. The molecule has 0 spiro atoms. The van der Waals surface area contributed by atoms with E-state index in [4.69, 9.17) is 5.73 Å². The molecule has 0 aromatic rings. The van der Waals surface area contributed by atoms with E-state index in [0.29, 0.717) is 12.6 Å². The summed E-state index contributed by atoms with van der Waals surface area (Å²) < 4.78 is 0. The summed E-state index contributed by atoms with van der Waals surface area (Å²) in [5.41, 5.74) is 5.44. The van der Waals surface area contributed by atoms with Crippen molar-refractivity contribution in [2.45, 2.75) is 38.3 Å². The summed E-state index contributed by atoms with van der Waals surface area (Å²) in [6, 6.07) is 0.457. The maximum atomic E-state index is 11.1. The second-order valence-electron chi connectivity index (χ2n) is 3.23. The van der Waals surface area contributed by atoms with Gasteiger partial charge in [-0.15, -0.1) is 0 Å². The van der Waals surface area contributed by atoms with Gasteiger partial charge in [0.1, 0.15) is 0 Å². The quantitative estimate of drug-likeness (QED) is 0.565. The first-order valence-corrected chi connectivity index (χ1v) is 4.53. The van der Waals surface area contributed by atoms with Gasteiger partial charge in [0.15, 0.2) is 0 Å². The molecule has 0 radical (unpaired) electrons. The molecule has 0 saturated heterocycles. The van der Waals surface area contributed by atoms with Gasteiger partial charge in [-0.2, -0.15) is 0 Å². The lowest BCUT2D eigenvalue weighted by atomic mass is 10.2. The summed E-state index contributed by atoms with van der Waals surface area (Å²) in [4.78, 5) is 11.1. The van der Waals surface area contributed by atoms with Crippen molar-refractivity contribution >= 4 is 6.03 Å². The largest absolute Gasteiger partial charge is 0.335 e. The highest BCUT2D eigenvalue weighted by Crippen LogP contribution is 2.18. The van der Waals surface area contributed by atoms with Crippen LogP contribution >= 0.6 is 0 Å². The van der Waals surface area contributed by atoms with Crippen LogP contribution in [0.4, 0.5) is 4.79 Å². The summed E-state index contributed by atoms with van der Waals surface area (Å²) in [6.45, 7) is 2.52. The predicted molar refractivity (Wildman–Crippen MR) is 47.8 cm³/mol. The van der Waals surface area contributed by atoms with Crippen LogP contribution in [0.15, 0.2) is 0 Å². The topological polar surface area (TPSA) is 67.1 Å². The molecule has 0 aromatic heterocycles. The average molecular weight is 171 g/mol. The van der Waals surface area contributed by atoms with E-state index in [1.54, 1.807) is 0 Å². The normalized spacial score (nSPS) is 18.5. The van der Waals surface area contributed by atoms with Crippen LogP contribution in [0.25, 0.3) is 0 Å². The molecule has 70 valence electrons. The minimum Gasteiger partial charge on any atom is -0.335 e. The van der Waals surface area contributed by atoms with Gasteiger partial charge >= 0.3 is 6.03 Å². The van der Waals surface area contributed by atoms with Gasteiger partial charge in [-0.05, 0) is 19.3 Å². The van der Waals surface area contributed by atoms with E-state index in [1.165, 1.54) is 0 Å². The molecule has 0 aliphatic heterocycles. The number of carbonyl (C=O) groups is 1. The molecule has 4 nitrogen and oxygen atoms in total. The number of rotatable bonds is 4. The van der Waals surface area contributed by atoms with Crippen molar-refractivity contribution in [3.05, 3.63) is 0 Å². The number of hydrogen-bond donors (Lipinski definition) is 3. The van der Waals surface area contributed by atoms with Gasteiger partial charge in [-0.1, -0.05) is 6.92 Å². The molecule has 0 heterocycles. The van der Waals surface area contributed by atoms with Gasteiger partial charge < -0.3 is 16.4 Å². The molecule has 1 unspecified atom stereocenters. The molecule has 0 bridgehead atoms. The van der Waals surface area contributed by atoms with Crippen LogP contribution in [0.1, 0.15) is 26.2 Å². The average Bonchev–Trinajstić information content (AvgIpc) is 2.84. The summed E-state index contributed by atoms with van der Waals surface area (Å²) >= 11 is 0. The molecular formula is C8H17N3O. The zero-order valence-corrected chi connectivity index (χ0v) is 7.47. The molecule has 12 heavy (non-hydrogen) atoms. The minimum atomic E-state index is -0.0743. The Morgan fingerprint density at radius 1 is 1.67 bits per heavy atom. The van der Waals surface area contributed by atoms with Crippen molar-refractivity contribution in [1.29, 1.82) is 0 Å². The van der Waals surface area contributed by atoms with Crippen LogP contribution in [-0.2, 0) is 0 Å². The van der Waals surface area contributed by atoms with E-state index >= 15 is 0 Å². The first-order chi connectivity index (χ1) is 5.76. The fourth-order valence-corrected chi connectivity index (χ4v) is 0.968. The summed E-state index contributed by atoms with van der Waals surface area (Å²) in [6.07, 6.45) is 3.12. The van der Waals surface area contributed by atoms with Gasteiger partial charge in [0.2, 0.25) is 0 Å². The molecule has 4 heteroatoms. The lowest BCUT2D eigenvalue weighted by Gasteiger charge is -2.14. The van der Waals surface area contributed by atoms with Crippen molar-refractivity contribution in [2.24, 2.45) is 5.73 Å². The smallest absolute Gasteiger partial charge is 0.315 e. The third-order valence-corrected chi connectivity index (χ3v) is 2.03. The maximum absolute atomic E-state index is 11.1. The van der Waals surface area contributed by atoms with E-state index in [0.717, 1.165) is 19.3 Å². The van der Waals surface area contributed by atoms with Gasteiger partial charge in [0, 0.05) is 18.6 Å². The molecule has 1 aliphatic rings. The number of hydrogen-bond acceptors (Lipinski definition) is 2. The van der Waals surface area contributed by atoms with Crippen LogP contribution in [0.3, 0.4) is 0 Å². The van der Waals surface area contributed by atoms with Gasteiger partial charge in [0.25, 0.3) is 0 Å². The maximum Gasteiger partial charge on any atom is 0.315 e. The van der Waals surface area contributed by atoms with Crippen molar-refractivity contribution in [3.8, 4) is 0 Å². The van der Waals surface area contributed by atoms with E-state index in [1.807, 2.05) is 6.92 Å². The van der Waals surface area contributed by atoms with Gasteiger partial charge in [0.05, 0.1) is 0 Å². The Morgan fingerprint density at radius 3 is 2.75 bits per heavy atom. The van der Waals surface area contributed by atoms with Crippen LogP contribution in [0.2, 0.25) is 0 Å². The van der Waals surface area contributed by atoms with Crippen LogP contribution < -0.4 is 16.4 Å². The van der Waals surface area contributed by atoms with Crippen molar-refractivity contribution in [2.75, 3.05) is 6.54 Å². The number of urea groups is 1. The van der Waals surface area contributed by atoms with E-state index in [2.05, 4.69) is 10.6 Å². The Bertz CT molecular complexity index is 152. The number of amides is 2. The second-order valence-corrected chi connectivity index (χ2v) is 3.23. The fraction of sp³-hybridized carbons (Fsp3) is 0.875. The molecule has 1 aliphatic carbocycles. The third-order valence-electron chi connectivity index (χ3n) is 2.03. The summed E-state index contributed by atoms with van der Waals surface area (Å²) in [5, 5.41) is 5.66. The van der Waals surface area contributed by atoms with Gasteiger partial charge in [-0.25, -0.2) is 4.79 Å². The van der Waals surface area contributed by atoms with Gasteiger partial charge in [-0.3, -0.25) is 0 Å². The Hall–Kier alpha value is -0.770.